The first-order valence-electron chi connectivity index (χ1n) is 31.6. The lowest BCUT2D eigenvalue weighted by Crippen LogP contribution is -2.56. The van der Waals surface area contributed by atoms with E-state index >= 15 is 0 Å². The number of hydrogen-bond acceptors (Lipinski definition) is 22. The van der Waals surface area contributed by atoms with Crippen molar-refractivity contribution in [2.24, 2.45) is 74.3 Å². The molecule has 2 rings (SSSR count). The van der Waals surface area contributed by atoms with Gasteiger partial charge in [-0.15, -0.1) is 0 Å². The second-order valence-corrected chi connectivity index (χ2v) is 23.0. The summed E-state index contributed by atoms with van der Waals surface area (Å²) < 4.78 is 0. The van der Waals surface area contributed by atoms with Crippen molar-refractivity contribution >= 4 is 64.5 Å². The molecule has 0 aliphatic carbocycles. The number of amides is 6. The molecule has 0 aromatic carbocycles. The van der Waals surface area contributed by atoms with Gasteiger partial charge in [0.25, 0.3) is 0 Å². The molecule has 2 heterocycles. The SMILES string of the molecule is CCCCCNC(=O)C(CCC(O)CN)CC(=O)/C(=C/CCN=C(N)N)NC(=O)C(CCCCN)CC(=O)C(Cc1cnc[nH]1)NC(=O)C1CCCN1C(=O)C(CCCN)NC(=O)CCC(=O)C(NC(=O)C(CC(=O)C(N)CCCCN)C(O)CN)C(O)CN. The number of carbonyl (C=O) groups excluding carboxylic acids is 10. The molecule has 0 bridgehead atoms. The summed E-state index contributed by atoms with van der Waals surface area (Å²) in [5.74, 6) is -10.5. The van der Waals surface area contributed by atoms with Crippen molar-refractivity contribution in [1.82, 2.24) is 41.5 Å². The van der Waals surface area contributed by atoms with Crippen molar-refractivity contribution in [3.8, 4) is 0 Å². The first kappa shape index (κ1) is 79.4. The lowest BCUT2D eigenvalue weighted by atomic mass is 9.90. The number of rotatable bonds is 50. The number of guanidine groups is 1. The molecule has 1 fully saturated rings. The molecule has 1 saturated heterocycles. The predicted octanol–water partition coefficient (Wildman–Crippen LogP) is -4.49. The fourth-order valence-corrected chi connectivity index (χ4v) is 10.3. The number of ketones is 4. The van der Waals surface area contributed by atoms with E-state index in [1.807, 2.05) is 6.92 Å². The maximum atomic E-state index is 14.7. The summed E-state index contributed by atoms with van der Waals surface area (Å²) in [6.45, 7) is 2.29. The Balaban J connectivity index is 2.40. The Kier molecular flexibility index (Phi) is 39.5. The van der Waals surface area contributed by atoms with E-state index in [1.165, 1.54) is 23.5 Å². The number of imidazole rings is 1. The molecule has 0 saturated carbocycles. The Morgan fingerprint density at radius 2 is 1.39 bits per heavy atom. The number of aliphatic hydroxyl groups excluding tert-OH is 3. The van der Waals surface area contributed by atoms with Gasteiger partial charge in [0.05, 0.1) is 48.3 Å². The first-order valence-corrected chi connectivity index (χ1v) is 31.6. The van der Waals surface area contributed by atoms with E-state index in [0.29, 0.717) is 57.3 Å². The monoisotopic (exact) mass is 1270 g/mol. The van der Waals surface area contributed by atoms with Crippen molar-refractivity contribution in [1.29, 1.82) is 0 Å². The highest BCUT2D eigenvalue weighted by Gasteiger charge is 2.40. The van der Waals surface area contributed by atoms with Crippen LogP contribution in [-0.4, -0.2) is 202 Å². The zero-order valence-electron chi connectivity index (χ0n) is 52.5. The highest BCUT2D eigenvalue weighted by molar-refractivity contribution is 6.02. The van der Waals surface area contributed by atoms with E-state index in [0.717, 1.165) is 12.8 Å². The van der Waals surface area contributed by atoms with Crippen LogP contribution in [0.5, 0.6) is 0 Å². The van der Waals surface area contributed by atoms with Crippen molar-refractivity contribution in [3.05, 3.63) is 30.0 Å². The topological polar surface area (TPSA) is 570 Å². The zero-order chi connectivity index (χ0) is 67.1. The molecule has 11 atom stereocenters. The molecule has 0 spiro atoms. The Morgan fingerprint density at radius 1 is 0.711 bits per heavy atom. The van der Waals surface area contributed by atoms with Gasteiger partial charge in [-0.25, -0.2) is 4.98 Å². The van der Waals surface area contributed by atoms with E-state index in [9.17, 15) is 63.3 Å². The maximum absolute atomic E-state index is 14.7. The van der Waals surface area contributed by atoms with Crippen LogP contribution in [0, 0.1) is 17.8 Å². The largest absolute Gasteiger partial charge is 0.392 e. The van der Waals surface area contributed by atoms with Crippen molar-refractivity contribution in [3.63, 3.8) is 0 Å². The number of aromatic amines is 1. The lowest BCUT2D eigenvalue weighted by molar-refractivity contribution is -0.142. The number of allylic oxidation sites excluding steroid dienone is 1. The number of likely N-dealkylation sites (tertiary alicyclic amines) is 1. The first-order chi connectivity index (χ1) is 43.0. The van der Waals surface area contributed by atoms with Crippen LogP contribution in [-0.2, 0) is 54.4 Å². The maximum Gasteiger partial charge on any atom is 0.245 e. The van der Waals surface area contributed by atoms with Crippen molar-refractivity contribution in [2.45, 2.75) is 197 Å². The molecule has 1 aliphatic heterocycles. The van der Waals surface area contributed by atoms with Gasteiger partial charge in [-0.05, 0) is 96.7 Å². The summed E-state index contributed by atoms with van der Waals surface area (Å²) in [7, 11) is 0. The van der Waals surface area contributed by atoms with Gasteiger partial charge >= 0.3 is 0 Å². The molecule has 90 heavy (non-hydrogen) atoms. The van der Waals surface area contributed by atoms with Gasteiger partial charge in [-0.2, -0.15) is 0 Å². The number of H-pyrrole nitrogens is 1. The number of Topliss-reactive ketones (excluding diaryl/α,β-unsaturated/α-hetero) is 4. The number of nitrogens with one attached hydrogen (secondary N) is 6. The van der Waals surface area contributed by atoms with E-state index in [2.05, 4.69) is 41.5 Å². The third-order valence-electron chi connectivity index (χ3n) is 15.7. The molecule has 1 aromatic rings. The predicted molar refractivity (Wildman–Crippen MR) is 337 cm³/mol. The summed E-state index contributed by atoms with van der Waals surface area (Å²) in [5, 5.41) is 45.1. The van der Waals surface area contributed by atoms with Gasteiger partial charge < -0.3 is 103 Å². The van der Waals surface area contributed by atoms with Crippen molar-refractivity contribution in [2.75, 3.05) is 58.9 Å². The number of aliphatic hydroxyl groups is 3. The van der Waals surface area contributed by atoms with Gasteiger partial charge in [-0.1, -0.05) is 38.7 Å². The number of aromatic nitrogens is 2. The lowest BCUT2D eigenvalue weighted by Gasteiger charge is -2.30. The number of carbonyl (C=O) groups is 10. The Hall–Kier alpha value is -6.68. The minimum Gasteiger partial charge on any atom is -0.392 e. The minimum atomic E-state index is -1.68. The second-order valence-electron chi connectivity index (χ2n) is 23.0. The fourth-order valence-electron chi connectivity index (χ4n) is 10.3. The van der Waals surface area contributed by atoms with Gasteiger partial charge in [0.2, 0.25) is 35.4 Å². The third kappa shape index (κ3) is 29.5. The molecule has 6 amide bonds. The van der Waals surface area contributed by atoms with Crippen LogP contribution in [0.3, 0.4) is 0 Å². The quantitative estimate of drug-likeness (QED) is 0.0127. The zero-order valence-corrected chi connectivity index (χ0v) is 52.5. The smallest absolute Gasteiger partial charge is 0.245 e. The number of aliphatic imine (C=N–C) groups is 1. The number of hydrogen-bond donors (Lipinski definition) is 18. The van der Waals surface area contributed by atoms with Crippen LogP contribution in [0.25, 0.3) is 0 Å². The third-order valence-corrected chi connectivity index (χ3v) is 15.7. The normalized spacial score (nSPS) is 16.6. The number of unbranched alkanes of at least 4 members (excludes halogenated alkanes) is 4. The summed E-state index contributed by atoms with van der Waals surface area (Å²) in [6, 6.07) is -6.32. The molecular formula is C59H106N18O13. The van der Waals surface area contributed by atoms with Crippen LogP contribution in [0.2, 0.25) is 0 Å². The molecule has 1 aromatic heterocycles. The van der Waals surface area contributed by atoms with Crippen LogP contribution in [0.4, 0.5) is 0 Å². The van der Waals surface area contributed by atoms with E-state index in [4.69, 9.17) is 51.6 Å². The number of nitrogens with two attached hydrogens (primary N) is 9. The average Bonchev–Trinajstić information content (AvgIpc) is 2.13. The summed E-state index contributed by atoms with van der Waals surface area (Å²) in [4.78, 5) is 152. The van der Waals surface area contributed by atoms with Crippen molar-refractivity contribution < 1.29 is 63.3 Å². The summed E-state index contributed by atoms with van der Waals surface area (Å²) >= 11 is 0. The van der Waals surface area contributed by atoms with E-state index in [1.54, 1.807) is 0 Å². The molecule has 1 aliphatic rings. The molecule has 510 valence electrons. The Bertz CT molecular complexity index is 2450. The van der Waals surface area contributed by atoms with Crippen LogP contribution >= 0.6 is 0 Å². The highest BCUT2D eigenvalue weighted by atomic mass is 16.3. The highest BCUT2D eigenvalue weighted by Crippen LogP contribution is 2.24. The van der Waals surface area contributed by atoms with Crippen LogP contribution in [0.15, 0.2) is 29.3 Å². The molecule has 0 radical (unpaired) electrons. The van der Waals surface area contributed by atoms with Crippen LogP contribution in [0.1, 0.15) is 147 Å². The van der Waals surface area contributed by atoms with Gasteiger partial charge in [0.15, 0.2) is 23.3 Å². The fraction of sp³-hybridized carbons (Fsp3) is 0.729. The Labute approximate surface area is 527 Å². The molecule has 31 nitrogen and oxygen atoms in total. The molecule has 27 N–H and O–H groups in total. The molecule has 31 heteroatoms. The van der Waals surface area contributed by atoms with Crippen LogP contribution < -0.4 is 78.2 Å². The minimum absolute atomic E-state index is 0.0198. The number of nitrogens with zero attached hydrogens (tertiary/aromatic N) is 3. The van der Waals surface area contributed by atoms with Gasteiger partial charge in [0, 0.05) is 102 Å². The standard InChI is InChI=1S/C59H106N18O13/c1-2-3-8-24-70-54(86)37(17-18-39(78)31-63)28-48(81)42(15-10-25-71-59(67)68)74-55(87)36(12-4-6-21-60)27-49(82)44(29-38-34-69-35-72-38)75-57(89)45-16-11-26-77(45)58(90)43(14-9-23-62)73-52(85)20-19-46(79)53(51(84)33-65)76-56(88)40(50(83)32-64)30-47(80)41(66)13-5-7-22-61/h15,34-37,39-41,43-45,50-51,53,78,83-84H,2-14,16-33,60-66H2,1H3,(H,69,72)(H,70,86)(H,73,85)(H,74,87)(H,75,89)(H,76,88)(H4,67,68,71)/b42-15-. The van der Waals surface area contributed by atoms with Gasteiger partial charge in [0.1, 0.15) is 23.9 Å². The van der Waals surface area contributed by atoms with E-state index in [-0.39, 0.29) is 109 Å². The summed E-state index contributed by atoms with van der Waals surface area (Å²) in [5.41, 5.74) is 51.6. The van der Waals surface area contributed by atoms with E-state index < -0.39 is 164 Å². The average molecular weight is 1280 g/mol. The van der Waals surface area contributed by atoms with Gasteiger partial charge in [-0.3, -0.25) is 52.9 Å². The Morgan fingerprint density at radius 3 is 2.01 bits per heavy atom. The molecular weight excluding hydrogens is 1170 g/mol. The second kappa shape index (κ2) is 44.7. The summed E-state index contributed by atoms with van der Waals surface area (Å²) in [6.07, 6.45) is 3.68. The molecule has 11 unspecified atom stereocenters.